The number of piperidine rings is 1. The number of carbonyl (C=O) groups is 1. The van der Waals surface area contributed by atoms with Gasteiger partial charge in [0.1, 0.15) is 6.61 Å². The number of benzene rings is 1. The van der Waals surface area contributed by atoms with E-state index in [-0.39, 0.29) is 24.0 Å². The van der Waals surface area contributed by atoms with Crippen molar-refractivity contribution in [1.29, 1.82) is 0 Å². The second kappa shape index (κ2) is 9.54. The van der Waals surface area contributed by atoms with Gasteiger partial charge in [-0.15, -0.1) is 0 Å². The molecule has 2 aromatic heterocycles. The zero-order valence-electron chi connectivity index (χ0n) is 19.7. The lowest BCUT2D eigenvalue weighted by atomic mass is 9.57. The number of hydrogen-bond donors (Lipinski definition) is 3. The average molecular weight is 494 g/mol. The van der Waals surface area contributed by atoms with Crippen LogP contribution in [-0.4, -0.2) is 51.3 Å². The summed E-state index contributed by atoms with van der Waals surface area (Å²) >= 11 is 1.50. The van der Waals surface area contributed by atoms with Crippen LogP contribution in [0.4, 0.5) is 5.13 Å². The number of anilines is 1. The highest BCUT2D eigenvalue weighted by atomic mass is 32.1. The monoisotopic (exact) mass is 493 g/mol. The first-order valence-corrected chi connectivity index (χ1v) is 13.4. The van der Waals surface area contributed by atoms with Crippen LogP contribution in [0.5, 0.6) is 0 Å². The number of nitrogens with zero attached hydrogens (tertiary/aromatic N) is 3. The molecular weight excluding hydrogens is 462 g/mol. The van der Waals surface area contributed by atoms with E-state index in [9.17, 15) is 9.90 Å². The van der Waals surface area contributed by atoms with E-state index < -0.39 is 0 Å². The van der Waals surface area contributed by atoms with E-state index in [1.165, 1.54) is 24.2 Å². The van der Waals surface area contributed by atoms with Crippen molar-refractivity contribution in [2.24, 2.45) is 11.3 Å². The highest BCUT2D eigenvalue weighted by molar-refractivity contribution is 7.22. The molecule has 1 saturated heterocycles. The minimum Gasteiger partial charge on any atom is -0.390 e. The van der Waals surface area contributed by atoms with Crippen molar-refractivity contribution in [1.82, 2.24) is 20.3 Å². The van der Waals surface area contributed by atoms with Crippen molar-refractivity contribution < 1.29 is 14.6 Å². The number of ether oxygens (including phenoxy) is 1. The molecule has 3 N–H and O–H groups in total. The molecule has 8 nitrogen and oxygen atoms in total. The van der Waals surface area contributed by atoms with Gasteiger partial charge >= 0.3 is 0 Å². The number of fused-ring (bicyclic) bond motifs is 1. The summed E-state index contributed by atoms with van der Waals surface area (Å²) < 4.78 is 6.80. The first-order valence-electron chi connectivity index (χ1n) is 12.6. The zero-order chi connectivity index (χ0) is 23.8. The van der Waals surface area contributed by atoms with Gasteiger partial charge < -0.3 is 20.5 Å². The molecule has 1 aliphatic heterocycles. The summed E-state index contributed by atoms with van der Waals surface area (Å²) in [5.74, 6) is 0.816. The lowest BCUT2D eigenvalue weighted by molar-refractivity contribution is -0.128. The topological polar surface area (TPSA) is 109 Å². The van der Waals surface area contributed by atoms with Crippen LogP contribution in [0.3, 0.4) is 0 Å². The molecule has 1 spiro atoms. The maximum atomic E-state index is 12.8. The van der Waals surface area contributed by atoms with Crippen molar-refractivity contribution in [2.75, 3.05) is 18.4 Å². The summed E-state index contributed by atoms with van der Waals surface area (Å²) in [7, 11) is 0. The minimum absolute atomic E-state index is 0.102. The lowest BCUT2D eigenvalue weighted by Crippen LogP contribution is -2.48. The van der Waals surface area contributed by atoms with Crippen LogP contribution in [0.1, 0.15) is 50.8 Å². The predicted octanol–water partition coefficient (Wildman–Crippen LogP) is 3.90. The van der Waals surface area contributed by atoms with E-state index in [1.54, 1.807) is 12.4 Å². The molecule has 1 aromatic carbocycles. The SMILES string of the molecule is O=C(Nc1nc2ccc(-c3cnc(CO[C@H]4CCC[C@@H]4O)nc3)cc2s1)C1CC2(CCNCC2)C1. The van der Waals surface area contributed by atoms with Gasteiger partial charge in [0.25, 0.3) is 0 Å². The van der Waals surface area contributed by atoms with Crippen molar-refractivity contribution >= 4 is 32.6 Å². The van der Waals surface area contributed by atoms with Crippen molar-refractivity contribution in [3.8, 4) is 11.1 Å². The fraction of sp³-hybridized carbons (Fsp3) is 0.538. The molecule has 0 bridgehead atoms. The zero-order valence-corrected chi connectivity index (χ0v) is 20.5. The molecule has 2 saturated carbocycles. The summed E-state index contributed by atoms with van der Waals surface area (Å²) in [6.07, 6.45) is 10.1. The second-order valence-electron chi connectivity index (χ2n) is 10.3. The molecule has 35 heavy (non-hydrogen) atoms. The third-order valence-corrected chi connectivity index (χ3v) is 8.83. The summed E-state index contributed by atoms with van der Waals surface area (Å²) in [4.78, 5) is 26.3. The van der Waals surface area contributed by atoms with Gasteiger partial charge in [0.2, 0.25) is 5.91 Å². The van der Waals surface area contributed by atoms with Crippen LogP contribution in [0.25, 0.3) is 21.3 Å². The number of aliphatic hydroxyl groups excluding tert-OH is 1. The van der Waals surface area contributed by atoms with Crippen molar-refractivity contribution in [3.63, 3.8) is 0 Å². The van der Waals surface area contributed by atoms with E-state index >= 15 is 0 Å². The number of nitrogens with one attached hydrogen (secondary N) is 2. The molecule has 2 atom stereocenters. The molecule has 1 amide bonds. The van der Waals surface area contributed by atoms with Gasteiger partial charge in [-0.3, -0.25) is 4.79 Å². The summed E-state index contributed by atoms with van der Waals surface area (Å²) in [6, 6.07) is 6.05. The Morgan fingerprint density at radius 1 is 1.17 bits per heavy atom. The van der Waals surface area contributed by atoms with E-state index in [0.29, 0.717) is 23.0 Å². The smallest absolute Gasteiger partial charge is 0.229 e. The summed E-state index contributed by atoms with van der Waals surface area (Å²) in [5.41, 5.74) is 3.18. The highest BCUT2D eigenvalue weighted by Crippen LogP contribution is 2.51. The Hall–Kier alpha value is -2.46. The van der Waals surface area contributed by atoms with Crippen LogP contribution in [0, 0.1) is 11.3 Å². The number of hydrogen-bond acceptors (Lipinski definition) is 8. The molecule has 3 fully saturated rings. The minimum atomic E-state index is -0.380. The van der Waals surface area contributed by atoms with E-state index in [2.05, 4.69) is 31.7 Å². The number of carbonyl (C=O) groups excluding carboxylic acids is 1. The molecule has 9 heteroatoms. The largest absolute Gasteiger partial charge is 0.390 e. The van der Waals surface area contributed by atoms with Gasteiger partial charge in [0, 0.05) is 23.9 Å². The van der Waals surface area contributed by atoms with Gasteiger partial charge in [-0.1, -0.05) is 17.4 Å². The fourth-order valence-corrected chi connectivity index (χ4v) is 6.67. The highest BCUT2D eigenvalue weighted by Gasteiger charge is 2.47. The van der Waals surface area contributed by atoms with Gasteiger partial charge in [-0.25, -0.2) is 15.0 Å². The number of rotatable bonds is 6. The molecule has 3 heterocycles. The third-order valence-electron chi connectivity index (χ3n) is 7.90. The van der Waals surface area contributed by atoms with Crippen LogP contribution >= 0.6 is 11.3 Å². The lowest BCUT2D eigenvalue weighted by Gasteiger charge is -2.49. The molecule has 184 valence electrons. The van der Waals surface area contributed by atoms with Gasteiger partial charge in [-0.05, 0) is 81.1 Å². The molecule has 3 aromatic rings. The van der Waals surface area contributed by atoms with Gasteiger partial charge in [0.05, 0.1) is 22.4 Å². The Kier molecular flexibility index (Phi) is 6.26. The Balaban J connectivity index is 1.08. The van der Waals surface area contributed by atoms with Crippen LogP contribution in [0.15, 0.2) is 30.6 Å². The maximum absolute atomic E-state index is 12.8. The molecule has 3 aliphatic rings. The Morgan fingerprint density at radius 3 is 2.71 bits per heavy atom. The number of amides is 1. The van der Waals surface area contributed by atoms with Crippen LogP contribution < -0.4 is 10.6 Å². The summed E-state index contributed by atoms with van der Waals surface area (Å²) in [5, 5.41) is 17.0. The number of aliphatic hydroxyl groups is 1. The molecule has 2 aliphatic carbocycles. The number of aromatic nitrogens is 3. The summed E-state index contributed by atoms with van der Waals surface area (Å²) in [6.45, 7) is 2.44. The van der Waals surface area contributed by atoms with Crippen molar-refractivity contribution in [3.05, 3.63) is 36.4 Å². The Bertz CT molecular complexity index is 1200. The normalized spacial score (nSPS) is 24.0. The Morgan fingerprint density at radius 2 is 1.97 bits per heavy atom. The first kappa shape index (κ1) is 23.0. The quantitative estimate of drug-likeness (QED) is 0.478. The van der Waals surface area contributed by atoms with Gasteiger partial charge in [-0.2, -0.15) is 0 Å². The first-order chi connectivity index (χ1) is 17.1. The average Bonchev–Trinajstić information content (AvgIpc) is 3.46. The van der Waals surface area contributed by atoms with Crippen LogP contribution in [0.2, 0.25) is 0 Å². The molecule has 0 radical (unpaired) electrons. The van der Waals surface area contributed by atoms with Crippen LogP contribution in [-0.2, 0) is 16.1 Å². The van der Waals surface area contributed by atoms with E-state index in [1.807, 2.05) is 12.1 Å². The van der Waals surface area contributed by atoms with Crippen molar-refractivity contribution in [2.45, 2.75) is 63.8 Å². The predicted molar refractivity (Wildman–Crippen MR) is 135 cm³/mol. The molecular formula is C26H31N5O3S. The van der Waals surface area contributed by atoms with E-state index in [0.717, 1.165) is 66.5 Å². The Labute approximate surface area is 208 Å². The molecule has 6 rings (SSSR count). The standard InChI is InChI=1S/C26H31N5O3S/c32-20-2-1-3-21(20)34-15-23-28-13-18(14-29-23)16-4-5-19-22(10-16)35-25(30-19)31-24(33)17-11-26(12-17)6-8-27-9-7-26/h4-5,10,13-14,17,20-21,27,32H,1-3,6-9,11-12,15H2,(H,30,31,33)/t20-,21-/m0/s1. The maximum Gasteiger partial charge on any atom is 0.229 e. The fourth-order valence-electron chi connectivity index (χ4n) is 5.76. The molecule has 0 unspecified atom stereocenters. The second-order valence-corrected chi connectivity index (χ2v) is 11.3. The van der Waals surface area contributed by atoms with Gasteiger partial charge in [0.15, 0.2) is 11.0 Å². The third kappa shape index (κ3) is 4.82. The van der Waals surface area contributed by atoms with E-state index in [4.69, 9.17) is 4.74 Å². The number of thiazole rings is 1.